The molecule has 1 amide bonds. The fourth-order valence-corrected chi connectivity index (χ4v) is 5.22. The van der Waals surface area contributed by atoms with E-state index < -0.39 is 17.7 Å². The van der Waals surface area contributed by atoms with Crippen LogP contribution in [-0.2, 0) is 23.2 Å². The zero-order chi connectivity index (χ0) is 24.9. The summed E-state index contributed by atoms with van der Waals surface area (Å²) < 4.78 is 12.6. The van der Waals surface area contributed by atoms with Crippen LogP contribution in [-0.4, -0.2) is 33.4 Å². The summed E-state index contributed by atoms with van der Waals surface area (Å²) >= 11 is 12.6. The number of aryl methyl sites for hydroxylation is 1. The summed E-state index contributed by atoms with van der Waals surface area (Å²) in [6.07, 6.45) is 3.36. The minimum atomic E-state index is -0.870. The number of hydrogen-bond donors (Lipinski definition) is 1. The summed E-state index contributed by atoms with van der Waals surface area (Å²) in [4.78, 5) is 28.0. The molecular formula is C26H20Cl2N2O5. The number of carbonyl (C=O) groups is 2. The number of ketones is 1. The highest BCUT2D eigenvalue weighted by Crippen LogP contribution is 2.44. The summed E-state index contributed by atoms with van der Waals surface area (Å²) in [5, 5.41) is 12.5. The number of carbonyl (C=O) groups excluding carboxylic acids is 2. The van der Waals surface area contributed by atoms with Crippen molar-refractivity contribution in [2.24, 2.45) is 7.05 Å². The average Bonchev–Trinajstić information content (AvgIpc) is 3.53. The highest BCUT2D eigenvalue weighted by molar-refractivity contribution is 6.47. The zero-order valence-corrected chi connectivity index (χ0v) is 20.3. The molecule has 1 saturated heterocycles. The van der Waals surface area contributed by atoms with E-state index in [1.807, 2.05) is 42.1 Å². The number of benzene rings is 2. The van der Waals surface area contributed by atoms with Gasteiger partial charge in [0.15, 0.2) is 5.75 Å². The molecule has 178 valence electrons. The lowest BCUT2D eigenvalue weighted by molar-refractivity contribution is -0.140. The van der Waals surface area contributed by atoms with Crippen LogP contribution in [0.5, 0.6) is 5.75 Å². The summed E-state index contributed by atoms with van der Waals surface area (Å²) in [7, 11) is 3.31. The smallest absolute Gasteiger partial charge is 0.296 e. The predicted octanol–water partition coefficient (Wildman–Crippen LogP) is 5.71. The van der Waals surface area contributed by atoms with Crippen LogP contribution in [0.25, 0.3) is 16.7 Å². The summed E-state index contributed by atoms with van der Waals surface area (Å²) in [5.74, 6) is -1.18. The van der Waals surface area contributed by atoms with Gasteiger partial charge in [-0.15, -0.1) is 0 Å². The van der Waals surface area contributed by atoms with Crippen LogP contribution in [0.3, 0.4) is 0 Å². The van der Waals surface area contributed by atoms with Crippen LogP contribution in [0.1, 0.15) is 22.9 Å². The van der Waals surface area contributed by atoms with Gasteiger partial charge in [0, 0.05) is 35.3 Å². The maximum atomic E-state index is 13.3. The fraction of sp³-hybridized carbons (Fsp3) is 0.154. The Bertz CT molecular complexity index is 1480. The van der Waals surface area contributed by atoms with Crippen LogP contribution in [0.2, 0.25) is 10.0 Å². The molecule has 7 nitrogen and oxygen atoms in total. The lowest BCUT2D eigenvalue weighted by Crippen LogP contribution is -2.29. The van der Waals surface area contributed by atoms with Gasteiger partial charge in [0.1, 0.15) is 11.5 Å². The SMILES string of the molecule is COc1c(Cl)cc(/C(O)=C2\C(=O)C(=O)N(Cc3ccco3)C2c2cn(C)c3ccccc23)cc1Cl. The van der Waals surface area contributed by atoms with Crippen LogP contribution in [0.15, 0.2) is 71.0 Å². The molecule has 35 heavy (non-hydrogen) atoms. The van der Waals surface area contributed by atoms with E-state index in [2.05, 4.69) is 0 Å². The van der Waals surface area contributed by atoms with Crippen molar-refractivity contribution in [3.63, 3.8) is 0 Å². The van der Waals surface area contributed by atoms with Gasteiger partial charge in [0.05, 0.1) is 41.6 Å². The largest absolute Gasteiger partial charge is 0.507 e. The van der Waals surface area contributed by atoms with E-state index in [1.54, 1.807) is 12.1 Å². The topological polar surface area (TPSA) is 84.9 Å². The van der Waals surface area contributed by atoms with Crippen molar-refractivity contribution in [1.29, 1.82) is 0 Å². The van der Waals surface area contributed by atoms with E-state index in [1.165, 1.54) is 30.4 Å². The standard InChI is InChI=1S/C26H20Cl2N2O5/c1-29-13-17(16-7-3-4-8-20(16)29)22-21(23(31)14-10-18(27)25(34-2)19(28)11-14)24(32)26(33)30(22)12-15-6-5-9-35-15/h3-11,13,22,31H,12H2,1-2H3/b23-21+. The molecule has 0 saturated carbocycles. The molecule has 3 heterocycles. The van der Waals surface area contributed by atoms with Crippen LogP contribution in [0.4, 0.5) is 0 Å². The number of methoxy groups -OCH3 is 1. The molecule has 4 aromatic rings. The Hall–Kier alpha value is -3.68. The Balaban J connectivity index is 1.75. The van der Waals surface area contributed by atoms with Crippen molar-refractivity contribution in [2.45, 2.75) is 12.6 Å². The Morgan fingerprint density at radius 3 is 2.49 bits per heavy atom. The first kappa shape index (κ1) is 23.1. The minimum Gasteiger partial charge on any atom is -0.507 e. The third kappa shape index (κ3) is 3.77. The molecule has 0 radical (unpaired) electrons. The van der Waals surface area contributed by atoms with E-state index in [0.717, 1.165) is 10.9 Å². The van der Waals surface area contributed by atoms with Crippen LogP contribution < -0.4 is 4.74 Å². The molecule has 1 aliphatic heterocycles. The van der Waals surface area contributed by atoms with Gasteiger partial charge in [-0.3, -0.25) is 9.59 Å². The number of fused-ring (bicyclic) bond motifs is 1. The quantitative estimate of drug-likeness (QED) is 0.211. The summed E-state index contributed by atoms with van der Waals surface area (Å²) in [6.45, 7) is 0.0480. The number of hydrogen-bond acceptors (Lipinski definition) is 5. The number of likely N-dealkylation sites (tertiary alicyclic amines) is 1. The molecule has 0 bridgehead atoms. The van der Waals surface area contributed by atoms with Gasteiger partial charge >= 0.3 is 0 Å². The van der Waals surface area contributed by atoms with E-state index in [0.29, 0.717) is 11.3 Å². The second-order valence-corrected chi connectivity index (χ2v) is 9.01. The number of ether oxygens (including phenoxy) is 1. The molecule has 1 aliphatic rings. The molecule has 2 aromatic carbocycles. The molecular weight excluding hydrogens is 491 g/mol. The van der Waals surface area contributed by atoms with Crippen molar-refractivity contribution >= 4 is 51.6 Å². The molecule has 5 rings (SSSR count). The highest BCUT2D eigenvalue weighted by atomic mass is 35.5. The minimum absolute atomic E-state index is 0.0480. The monoisotopic (exact) mass is 510 g/mol. The predicted molar refractivity (Wildman–Crippen MR) is 132 cm³/mol. The average molecular weight is 511 g/mol. The number of amides is 1. The van der Waals surface area contributed by atoms with Gasteiger partial charge in [0.2, 0.25) is 0 Å². The third-order valence-electron chi connectivity index (χ3n) is 6.14. The fourth-order valence-electron chi connectivity index (χ4n) is 4.57. The number of aromatic nitrogens is 1. The number of halogens is 2. The van der Waals surface area contributed by atoms with Crippen molar-refractivity contribution in [1.82, 2.24) is 9.47 Å². The summed E-state index contributed by atoms with van der Waals surface area (Å²) in [5.41, 5.74) is 1.75. The second kappa shape index (κ2) is 8.83. The molecule has 1 N–H and O–H groups in total. The number of para-hydroxylation sites is 1. The van der Waals surface area contributed by atoms with Gasteiger partial charge in [-0.05, 0) is 30.3 Å². The van der Waals surface area contributed by atoms with Crippen molar-refractivity contribution in [3.8, 4) is 5.75 Å². The Labute approximate surface area is 210 Å². The van der Waals surface area contributed by atoms with Gasteiger partial charge in [-0.25, -0.2) is 0 Å². The van der Waals surface area contributed by atoms with Gasteiger partial charge in [0.25, 0.3) is 11.7 Å². The number of aliphatic hydroxyl groups is 1. The van der Waals surface area contributed by atoms with Crippen molar-refractivity contribution in [2.75, 3.05) is 7.11 Å². The number of furan rings is 1. The number of nitrogens with zero attached hydrogens (tertiary/aromatic N) is 2. The second-order valence-electron chi connectivity index (χ2n) is 8.19. The molecule has 0 aliphatic carbocycles. The Morgan fingerprint density at radius 2 is 1.83 bits per heavy atom. The molecule has 1 unspecified atom stereocenters. The Kier molecular flexibility index (Phi) is 5.83. The van der Waals surface area contributed by atoms with Gasteiger partial charge in [-0.2, -0.15) is 0 Å². The highest BCUT2D eigenvalue weighted by Gasteiger charge is 2.47. The molecule has 2 aromatic heterocycles. The zero-order valence-electron chi connectivity index (χ0n) is 18.8. The maximum absolute atomic E-state index is 13.3. The molecule has 0 spiro atoms. The van der Waals surface area contributed by atoms with Gasteiger partial charge in [-0.1, -0.05) is 41.4 Å². The van der Waals surface area contributed by atoms with E-state index in [9.17, 15) is 14.7 Å². The number of Topliss-reactive ketones (excluding diaryl/α,β-unsaturated/α-hetero) is 1. The first-order valence-corrected chi connectivity index (χ1v) is 11.5. The normalized spacial score (nSPS) is 17.5. The van der Waals surface area contributed by atoms with E-state index in [-0.39, 0.29) is 39.2 Å². The number of aliphatic hydroxyl groups excluding tert-OH is 1. The lowest BCUT2D eigenvalue weighted by atomic mass is 9.95. The molecule has 9 heteroatoms. The van der Waals surface area contributed by atoms with Crippen molar-refractivity contribution in [3.05, 3.63) is 93.5 Å². The Morgan fingerprint density at radius 1 is 1.11 bits per heavy atom. The van der Waals surface area contributed by atoms with Crippen LogP contribution >= 0.6 is 23.2 Å². The van der Waals surface area contributed by atoms with E-state index >= 15 is 0 Å². The molecule has 1 atom stereocenters. The summed E-state index contributed by atoms with van der Waals surface area (Å²) in [6, 6.07) is 13.1. The third-order valence-corrected chi connectivity index (χ3v) is 6.71. The first-order valence-electron chi connectivity index (χ1n) is 10.7. The van der Waals surface area contributed by atoms with Gasteiger partial charge < -0.3 is 23.7 Å². The van der Waals surface area contributed by atoms with E-state index in [4.69, 9.17) is 32.4 Å². The lowest BCUT2D eigenvalue weighted by Gasteiger charge is -2.24. The van der Waals surface area contributed by atoms with Crippen LogP contribution in [0, 0.1) is 0 Å². The first-order chi connectivity index (χ1) is 16.8. The molecule has 1 fully saturated rings. The maximum Gasteiger partial charge on any atom is 0.296 e. The van der Waals surface area contributed by atoms with Crippen molar-refractivity contribution < 1.29 is 23.8 Å². The number of rotatable bonds is 5.